The lowest BCUT2D eigenvalue weighted by Gasteiger charge is -2.35. The van der Waals surface area contributed by atoms with E-state index in [2.05, 4.69) is 70.3 Å². The van der Waals surface area contributed by atoms with Crippen LogP contribution in [-0.2, 0) is 37.6 Å². The summed E-state index contributed by atoms with van der Waals surface area (Å²) in [6.07, 6.45) is -6.12. The number of hydrogen-bond donors (Lipinski definition) is 9. The van der Waals surface area contributed by atoms with E-state index in [1.54, 1.807) is 55.4 Å². The molecule has 0 saturated carbocycles. The molecule has 0 spiro atoms. The van der Waals surface area contributed by atoms with Crippen molar-refractivity contribution in [3.63, 3.8) is 0 Å². The number of fused-ring (bicyclic) bond motifs is 3. The number of nitrogens with zero attached hydrogens (tertiary/aromatic N) is 11. The Morgan fingerprint density at radius 3 is 1.30 bits per heavy atom. The standard InChI is InChI=1S/C24H37FN7O5P.C15H20FN5O4.C14H19FN6O4.2CH4/c1-13(2)21(33)29-24-28-20-19(22(34)30-24)27-12-31(20)23-18(25)16(7)17(37-23)11-36-38(35-10-9-26-8)32(14(3)4)15(5)6;1-6(2)12(23)19-15-18-11-10(13(24)20-15)17-5-21(11)14-9(16)7(3)8(4-22)25-14;1-5(2)11(23)19-14-18-10-9(12(24)20-14)17-4-21(10)13-7(15)8(16)6(3-22)25-13;;/h12-18,23H,9-11H2,1-7H3,(H2,28,29,30,33,34);5-9,14,22H,4H2,1-3H3,(H2,18,19,20,23,24);4-8,13,22H,3,16H2,1-2H3,(H2,18,19,20,23,24);2*1H4/t16-,17-,18-,23-,38?;7-,8-,9-,14-;6-,7-,8-,13-;;/m111../s1. The first kappa shape index (κ1) is 73.5. The molecule has 3 amide bonds. The van der Waals surface area contributed by atoms with E-state index in [0.29, 0.717) is 0 Å². The first-order valence-electron chi connectivity index (χ1n) is 28.5. The number of nitrogens with one attached hydrogen (secondary N) is 6. The van der Waals surface area contributed by atoms with Crippen LogP contribution in [0.2, 0.25) is 0 Å². The van der Waals surface area contributed by atoms with Gasteiger partial charge < -0.3 is 44.0 Å². The summed E-state index contributed by atoms with van der Waals surface area (Å²) in [5, 5.41) is 26.0. The zero-order valence-electron chi connectivity index (χ0n) is 50.5. The van der Waals surface area contributed by atoms with Gasteiger partial charge in [-0.2, -0.15) is 15.0 Å². The van der Waals surface area contributed by atoms with Crippen LogP contribution in [0.5, 0.6) is 0 Å². The zero-order valence-corrected chi connectivity index (χ0v) is 51.4. The molecule has 9 heterocycles. The Morgan fingerprint density at radius 1 is 0.633 bits per heavy atom. The Bertz CT molecular complexity index is 3480. The van der Waals surface area contributed by atoms with Gasteiger partial charge in [-0.15, -0.1) is 0 Å². The van der Waals surface area contributed by atoms with Crippen molar-refractivity contribution in [1.29, 1.82) is 0 Å². The van der Waals surface area contributed by atoms with Gasteiger partial charge in [-0.1, -0.05) is 70.2 Å². The summed E-state index contributed by atoms with van der Waals surface area (Å²) in [5.41, 5.74) is 4.24. The molecule has 0 aliphatic carbocycles. The highest BCUT2D eigenvalue weighted by Crippen LogP contribution is 2.48. The van der Waals surface area contributed by atoms with Gasteiger partial charge in [-0.25, -0.2) is 39.4 Å². The third kappa shape index (κ3) is 16.3. The van der Waals surface area contributed by atoms with Crippen LogP contribution in [0.1, 0.15) is 117 Å². The largest absolute Gasteiger partial charge is 0.394 e. The van der Waals surface area contributed by atoms with Crippen molar-refractivity contribution in [3.05, 3.63) is 61.5 Å². The lowest BCUT2D eigenvalue weighted by atomic mass is 10.0. The van der Waals surface area contributed by atoms with Gasteiger partial charge in [0.05, 0.1) is 57.1 Å². The summed E-state index contributed by atoms with van der Waals surface area (Å²) in [6, 6.07) is -0.761. The van der Waals surface area contributed by atoms with Gasteiger partial charge in [0.1, 0.15) is 12.7 Å². The highest BCUT2D eigenvalue weighted by Gasteiger charge is 2.47. The Balaban J connectivity index is 0.000000251. The Kier molecular flexibility index (Phi) is 25.9. The number of rotatable bonds is 20. The molecule has 498 valence electrons. The lowest BCUT2D eigenvalue weighted by Crippen LogP contribution is -2.39. The maximum absolute atomic E-state index is 15.5. The van der Waals surface area contributed by atoms with Crippen molar-refractivity contribution in [2.75, 3.05) is 48.9 Å². The van der Waals surface area contributed by atoms with Crippen molar-refractivity contribution in [3.8, 4) is 0 Å². The molecule has 6 aromatic rings. The average Bonchev–Trinajstić information content (AvgIpc) is 1.67. The van der Waals surface area contributed by atoms with E-state index in [1.165, 1.54) is 32.7 Å². The summed E-state index contributed by atoms with van der Waals surface area (Å²) in [6.45, 7) is 28.5. The van der Waals surface area contributed by atoms with E-state index in [0.717, 1.165) is 0 Å². The molecule has 3 aliphatic heterocycles. The fraction of sp³-hybridized carbons (Fsp3) is 0.655. The molecule has 13 atom stereocenters. The topological polar surface area (TPSA) is 398 Å². The molecular weight excluding hydrogens is 1210 g/mol. The maximum Gasteiger partial charge on any atom is 0.280 e. The Labute approximate surface area is 517 Å². The van der Waals surface area contributed by atoms with E-state index < -0.39 is 105 Å². The van der Waals surface area contributed by atoms with E-state index in [1.807, 2.05) is 27.7 Å². The van der Waals surface area contributed by atoms with Gasteiger partial charge in [0.15, 0.2) is 70.7 Å². The zero-order chi connectivity index (χ0) is 64.7. The van der Waals surface area contributed by atoms with Crippen molar-refractivity contribution in [2.24, 2.45) is 35.3 Å². The number of anilines is 3. The van der Waals surface area contributed by atoms with Crippen LogP contribution >= 0.6 is 8.53 Å². The normalized spacial score (nSPS) is 24.3. The van der Waals surface area contributed by atoms with Crippen molar-refractivity contribution in [2.45, 2.75) is 172 Å². The number of imidazole rings is 3. The van der Waals surface area contributed by atoms with E-state index in [4.69, 9.17) is 35.6 Å². The third-order valence-electron chi connectivity index (χ3n) is 14.5. The van der Waals surface area contributed by atoms with Crippen LogP contribution < -0.4 is 38.4 Å². The molecular formula is C55H84F3N18O13P. The predicted octanol–water partition coefficient (Wildman–Crippen LogP) is 5.00. The second kappa shape index (κ2) is 31.7. The van der Waals surface area contributed by atoms with Crippen molar-refractivity contribution < 1.29 is 61.0 Å². The van der Waals surface area contributed by atoms with Crippen molar-refractivity contribution in [1.82, 2.24) is 63.2 Å². The number of ether oxygens (including phenoxy) is 3. The summed E-state index contributed by atoms with van der Waals surface area (Å²) in [7, 11) is -1.50. The molecule has 6 aromatic heterocycles. The molecule has 3 aliphatic rings. The highest BCUT2D eigenvalue weighted by molar-refractivity contribution is 7.44. The van der Waals surface area contributed by atoms with Crippen LogP contribution in [0.15, 0.2) is 33.4 Å². The van der Waals surface area contributed by atoms with E-state index in [9.17, 15) is 47.8 Å². The molecule has 0 bridgehead atoms. The molecule has 35 heteroatoms. The molecule has 31 nitrogen and oxygen atoms in total. The van der Waals surface area contributed by atoms with Gasteiger partial charge in [0, 0.05) is 41.7 Å². The average molecular weight is 1290 g/mol. The summed E-state index contributed by atoms with van der Waals surface area (Å²) >= 11 is 0. The SMILES string of the molecule is C.C.CC(C)C(=O)Nc1nc2c(ncn2[C@@H]2O[C@H](CO)[C@@H](C)[C@H]2F)c(=O)[nH]1.CC(C)C(=O)Nc1nc2c(ncn2[C@@H]2O[C@H](CO)[C@@H](N)[C@H]2F)c(=O)[nH]1.[C-]#[N+]CCOP(OC[C@H]1O[C@@H](n2cnc3c(=O)[nH]c(NC(=O)C(C)C)nc32)[C@H](F)[C@@H]1C)N(C(C)C)C(C)C. The Morgan fingerprint density at radius 2 is 0.978 bits per heavy atom. The number of H-pyrrole nitrogens is 3. The van der Waals surface area contributed by atoms with Gasteiger partial charge in [0.25, 0.3) is 25.2 Å². The number of nitrogens with two attached hydrogens (primary N) is 1. The van der Waals surface area contributed by atoms with E-state index >= 15 is 4.39 Å². The summed E-state index contributed by atoms with van der Waals surface area (Å²) < 4.78 is 79.7. The van der Waals surface area contributed by atoms with Crippen LogP contribution in [0.4, 0.5) is 31.0 Å². The number of aromatic nitrogens is 12. The third-order valence-corrected chi connectivity index (χ3v) is 16.6. The number of carbonyl (C=O) groups excluding carboxylic acids is 3. The number of aromatic amines is 3. The van der Waals surface area contributed by atoms with E-state index in [-0.39, 0.29) is 140 Å². The number of carbonyl (C=O) groups is 3. The summed E-state index contributed by atoms with van der Waals surface area (Å²) in [4.78, 5) is 108. The van der Waals surface area contributed by atoms with Crippen molar-refractivity contribution >= 4 is 77.6 Å². The predicted molar refractivity (Wildman–Crippen MR) is 328 cm³/mol. The molecule has 10 N–H and O–H groups in total. The molecule has 1 unspecified atom stereocenters. The van der Waals surface area contributed by atoms with Gasteiger partial charge in [-0.05, 0) is 27.7 Å². The van der Waals surface area contributed by atoms with Crippen LogP contribution in [0, 0.1) is 36.2 Å². The first-order chi connectivity index (χ1) is 41.6. The number of amides is 3. The Hall–Kier alpha value is -7.19. The molecule has 0 aromatic carbocycles. The van der Waals surface area contributed by atoms with Crippen LogP contribution in [0.25, 0.3) is 38.3 Å². The number of aliphatic hydroxyl groups is 2. The number of aliphatic hydroxyl groups excluding tert-OH is 2. The maximum atomic E-state index is 15.5. The second-order valence-corrected chi connectivity index (χ2v) is 24.1. The van der Waals surface area contributed by atoms with Crippen LogP contribution in [0.3, 0.4) is 0 Å². The van der Waals surface area contributed by atoms with Gasteiger partial charge in [0.2, 0.25) is 42.1 Å². The minimum atomic E-state index is -1.62. The monoisotopic (exact) mass is 1290 g/mol. The first-order valence-corrected chi connectivity index (χ1v) is 29.6. The molecule has 3 fully saturated rings. The molecule has 3 saturated heterocycles. The van der Waals surface area contributed by atoms with Gasteiger partial charge in [-0.3, -0.25) is 73.4 Å². The number of alkyl halides is 3. The number of halogens is 3. The quantitative estimate of drug-likeness (QED) is 0.0276. The minimum Gasteiger partial charge on any atom is -0.394 e. The fourth-order valence-corrected chi connectivity index (χ4v) is 11.0. The summed E-state index contributed by atoms with van der Waals surface area (Å²) in [5.74, 6) is -3.14. The number of hydrogen-bond acceptors (Lipinski definition) is 21. The fourth-order valence-electron chi connectivity index (χ4n) is 9.39. The second-order valence-electron chi connectivity index (χ2n) is 22.7. The minimum absolute atomic E-state index is 0. The van der Waals surface area contributed by atoms with Crippen LogP contribution in [-0.4, -0.2) is 179 Å². The molecule has 0 radical (unpaired) electrons. The van der Waals surface area contributed by atoms with Gasteiger partial charge >= 0.3 is 0 Å². The molecule has 90 heavy (non-hydrogen) atoms. The highest BCUT2D eigenvalue weighted by atomic mass is 31.2. The smallest absolute Gasteiger partial charge is 0.280 e. The lowest BCUT2D eigenvalue weighted by molar-refractivity contribution is -0.119. The molecule has 9 rings (SSSR count).